The fraction of sp³-hybridized carbons (Fsp3) is 0.200. The lowest BCUT2D eigenvalue weighted by atomic mass is 10.7. The lowest BCUT2D eigenvalue weighted by molar-refractivity contribution is 0.593. The molecule has 0 atom stereocenters. The normalized spacial score (nSPS) is 13.1. The molecule has 0 unspecified atom stereocenters. The van der Waals surface area contributed by atoms with Gasteiger partial charge in [0.15, 0.2) is 0 Å². The molecule has 0 aliphatic carbocycles. The van der Waals surface area contributed by atoms with Gasteiger partial charge in [-0.15, -0.1) is 0 Å². The fourth-order valence-corrected chi connectivity index (χ4v) is 2.87. The lowest BCUT2D eigenvalue weighted by Crippen LogP contribution is -2.08. The van der Waals surface area contributed by atoms with Crippen LogP contribution in [-0.2, 0) is 19.1 Å². The summed E-state index contributed by atoms with van der Waals surface area (Å²) < 4.78 is 44.3. The van der Waals surface area contributed by atoms with Crippen molar-refractivity contribution in [2.75, 3.05) is 6.26 Å². The van der Waals surface area contributed by atoms with E-state index < -0.39 is 19.1 Å². The molecule has 0 radical (unpaired) electrons. The first-order valence-electron chi connectivity index (χ1n) is 3.15. The van der Waals surface area contributed by atoms with Crippen LogP contribution in [0.3, 0.4) is 0 Å². The maximum absolute atomic E-state index is 11.0. The van der Waals surface area contributed by atoms with Crippen LogP contribution in [0.1, 0.15) is 0 Å². The van der Waals surface area contributed by atoms with E-state index in [-0.39, 0.29) is 10.0 Å². The zero-order chi connectivity index (χ0) is 11.1. The highest BCUT2D eigenvalue weighted by molar-refractivity contribution is 8.13. The molecule has 1 heterocycles. The monoisotopic (exact) mass is 277 g/mol. The third-order valence-corrected chi connectivity index (χ3v) is 4.08. The van der Waals surface area contributed by atoms with Crippen LogP contribution in [0, 0.1) is 0 Å². The summed E-state index contributed by atoms with van der Waals surface area (Å²) in [5.74, 6) is 0. The van der Waals surface area contributed by atoms with Gasteiger partial charge in [0.2, 0.25) is 10.0 Å². The standard InChI is InChI=1S/C5H5Cl2NO4S2/c1-13(9,10)8-3-4(2-5(8)6)14(7,11)12/h2-3H,1H3. The number of halogens is 2. The Morgan fingerprint density at radius 3 is 2.00 bits per heavy atom. The Bertz CT molecular complexity index is 557. The molecule has 0 fully saturated rings. The SMILES string of the molecule is CS(=O)(=O)n1cc(S(=O)(=O)Cl)cc1Cl. The van der Waals surface area contributed by atoms with Crippen LogP contribution in [0.4, 0.5) is 0 Å². The van der Waals surface area contributed by atoms with Crippen LogP contribution in [0.2, 0.25) is 5.15 Å². The molecular weight excluding hydrogens is 273 g/mol. The van der Waals surface area contributed by atoms with Gasteiger partial charge in [-0.1, -0.05) is 11.6 Å². The predicted octanol–water partition coefficient (Wildman–Crippen LogP) is 0.877. The van der Waals surface area contributed by atoms with Gasteiger partial charge in [0.05, 0.1) is 6.26 Å². The topological polar surface area (TPSA) is 73.2 Å². The summed E-state index contributed by atoms with van der Waals surface area (Å²) in [7, 11) is -2.57. The molecule has 1 aromatic heterocycles. The fourth-order valence-electron chi connectivity index (χ4n) is 0.783. The van der Waals surface area contributed by atoms with Crippen molar-refractivity contribution in [2.24, 2.45) is 0 Å². The summed E-state index contributed by atoms with van der Waals surface area (Å²) in [6.45, 7) is 0. The van der Waals surface area contributed by atoms with Gasteiger partial charge in [-0.05, 0) is 6.07 Å². The highest BCUT2D eigenvalue weighted by Gasteiger charge is 2.18. The highest BCUT2D eigenvalue weighted by atomic mass is 35.7. The lowest BCUT2D eigenvalue weighted by Gasteiger charge is -1.98. The van der Waals surface area contributed by atoms with Crippen LogP contribution in [0.5, 0.6) is 0 Å². The summed E-state index contributed by atoms with van der Waals surface area (Å²) in [5, 5.41) is -0.230. The van der Waals surface area contributed by atoms with Crippen molar-refractivity contribution in [1.82, 2.24) is 3.97 Å². The molecule has 0 bridgehead atoms. The average Bonchev–Trinajstić information content (AvgIpc) is 2.27. The number of rotatable bonds is 2. The van der Waals surface area contributed by atoms with Crippen LogP contribution >= 0.6 is 22.3 Å². The van der Waals surface area contributed by atoms with Crippen LogP contribution < -0.4 is 0 Å². The zero-order valence-electron chi connectivity index (χ0n) is 6.81. The van der Waals surface area contributed by atoms with E-state index in [2.05, 4.69) is 0 Å². The first kappa shape index (κ1) is 11.8. The van der Waals surface area contributed by atoms with Crippen LogP contribution in [-0.4, -0.2) is 27.1 Å². The van der Waals surface area contributed by atoms with Gasteiger partial charge in [0.25, 0.3) is 9.05 Å². The van der Waals surface area contributed by atoms with Crippen LogP contribution in [0.25, 0.3) is 0 Å². The second-order valence-corrected chi connectivity index (χ2v) is 7.31. The highest BCUT2D eigenvalue weighted by Crippen LogP contribution is 2.22. The van der Waals surface area contributed by atoms with E-state index in [0.29, 0.717) is 3.97 Å². The smallest absolute Gasteiger partial charge is 0.234 e. The second kappa shape index (κ2) is 3.41. The summed E-state index contributed by atoms with van der Waals surface area (Å²) in [6, 6.07) is 0.963. The molecule has 0 saturated carbocycles. The van der Waals surface area contributed by atoms with E-state index in [9.17, 15) is 16.8 Å². The molecule has 0 aromatic carbocycles. The first-order chi connectivity index (χ1) is 6.12. The maximum atomic E-state index is 11.0. The molecule has 0 saturated heterocycles. The van der Waals surface area contributed by atoms with Gasteiger partial charge in [-0.25, -0.2) is 20.8 Å². The molecular formula is C5H5Cl2NO4S2. The summed E-state index contributed by atoms with van der Waals surface area (Å²) in [5.41, 5.74) is 0. The Hall–Kier alpha value is -0.240. The Morgan fingerprint density at radius 2 is 1.79 bits per heavy atom. The number of hydrogen-bond acceptors (Lipinski definition) is 4. The van der Waals surface area contributed by atoms with Gasteiger partial charge >= 0.3 is 0 Å². The van der Waals surface area contributed by atoms with Gasteiger partial charge < -0.3 is 0 Å². The molecule has 0 N–H and O–H groups in total. The van der Waals surface area contributed by atoms with E-state index in [1.807, 2.05) is 0 Å². The third-order valence-electron chi connectivity index (χ3n) is 1.36. The van der Waals surface area contributed by atoms with Gasteiger partial charge in [-0.2, -0.15) is 0 Å². The van der Waals surface area contributed by atoms with E-state index in [0.717, 1.165) is 18.5 Å². The minimum absolute atomic E-state index is 0.230. The van der Waals surface area contributed by atoms with E-state index in [4.69, 9.17) is 22.3 Å². The summed E-state index contributed by atoms with van der Waals surface area (Å²) >= 11 is 5.50. The van der Waals surface area contributed by atoms with E-state index in [1.54, 1.807) is 0 Å². The van der Waals surface area contributed by atoms with E-state index in [1.165, 1.54) is 0 Å². The van der Waals surface area contributed by atoms with Crippen molar-refractivity contribution in [2.45, 2.75) is 4.90 Å². The Balaban J connectivity index is 3.49. The molecule has 0 aliphatic heterocycles. The van der Waals surface area contributed by atoms with Crippen molar-refractivity contribution >= 4 is 41.4 Å². The number of aromatic nitrogens is 1. The van der Waals surface area contributed by atoms with Crippen molar-refractivity contribution in [3.63, 3.8) is 0 Å². The van der Waals surface area contributed by atoms with Gasteiger partial charge in [0.1, 0.15) is 10.0 Å². The minimum Gasteiger partial charge on any atom is -0.234 e. The number of hydrogen-bond donors (Lipinski definition) is 0. The molecule has 9 heteroatoms. The summed E-state index contributed by atoms with van der Waals surface area (Å²) in [6.07, 6.45) is 1.74. The predicted molar refractivity (Wildman–Crippen MR) is 52.7 cm³/mol. The van der Waals surface area contributed by atoms with Crippen molar-refractivity contribution in [1.29, 1.82) is 0 Å². The van der Waals surface area contributed by atoms with Crippen molar-refractivity contribution < 1.29 is 16.8 Å². The molecule has 1 rings (SSSR count). The molecule has 5 nitrogen and oxygen atoms in total. The maximum Gasteiger partial charge on any atom is 0.262 e. The Kier molecular flexibility index (Phi) is 2.88. The number of nitrogens with zero attached hydrogens (tertiary/aromatic N) is 1. The van der Waals surface area contributed by atoms with Gasteiger partial charge in [-0.3, -0.25) is 0 Å². The minimum atomic E-state index is -3.96. The van der Waals surface area contributed by atoms with Crippen molar-refractivity contribution in [3.05, 3.63) is 17.4 Å². The molecule has 0 spiro atoms. The zero-order valence-corrected chi connectivity index (χ0v) is 9.95. The average molecular weight is 278 g/mol. The molecule has 14 heavy (non-hydrogen) atoms. The molecule has 0 aliphatic rings. The summed E-state index contributed by atoms with van der Waals surface area (Å²) in [4.78, 5) is -0.352. The van der Waals surface area contributed by atoms with Crippen LogP contribution in [0.15, 0.2) is 17.2 Å². The molecule has 0 amide bonds. The quantitative estimate of drug-likeness (QED) is 0.753. The Labute approximate surface area is 90.7 Å². The third kappa shape index (κ3) is 2.41. The first-order valence-corrected chi connectivity index (χ1v) is 7.69. The van der Waals surface area contributed by atoms with Gasteiger partial charge in [0, 0.05) is 16.9 Å². The molecule has 1 aromatic rings. The molecule has 80 valence electrons. The largest absolute Gasteiger partial charge is 0.262 e. The Morgan fingerprint density at radius 1 is 1.29 bits per heavy atom. The second-order valence-electron chi connectivity index (χ2n) is 2.50. The van der Waals surface area contributed by atoms with E-state index >= 15 is 0 Å². The van der Waals surface area contributed by atoms with Crippen molar-refractivity contribution in [3.8, 4) is 0 Å².